The Morgan fingerprint density at radius 3 is 2.61 bits per heavy atom. The van der Waals surface area contributed by atoms with Gasteiger partial charge in [0.2, 0.25) is 0 Å². The van der Waals surface area contributed by atoms with Gasteiger partial charge in [-0.15, -0.1) is 0 Å². The van der Waals surface area contributed by atoms with Crippen LogP contribution in [0.3, 0.4) is 0 Å². The number of benzene rings is 1. The van der Waals surface area contributed by atoms with Crippen molar-refractivity contribution in [2.24, 2.45) is 0 Å². The van der Waals surface area contributed by atoms with Crippen LogP contribution in [0.2, 0.25) is 5.02 Å². The Balaban J connectivity index is 3.37. The van der Waals surface area contributed by atoms with Gasteiger partial charge in [-0.3, -0.25) is 4.84 Å². The summed E-state index contributed by atoms with van der Waals surface area (Å²) in [5.41, 5.74) is -0.0709. The summed E-state index contributed by atoms with van der Waals surface area (Å²) in [5, 5.41) is 8.97. The maximum atomic E-state index is 11.9. The molecule has 6 nitrogen and oxygen atoms in total. The third kappa shape index (κ3) is 3.20. The highest BCUT2D eigenvalue weighted by atomic mass is 35.5. The molecule has 0 aliphatic rings. The van der Waals surface area contributed by atoms with Crippen molar-refractivity contribution >= 4 is 27.6 Å². The lowest BCUT2D eigenvalue weighted by Crippen LogP contribution is -2.25. The molecule has 0 aliphatic carbocycles. The van der Waals surface area contributed by atoms with Crippen molar-refractivity contribution in [1.29, 1.82) is 0 Å². The van der Waals surface area contributed by atoms with Crippen molar-refractivity contribution in [3.8, 4) is 0 Å². The number of halogens is 1. The summed E-state index contributed by atoms with van der Waals surface area (Å²) in [7, 11) is -3.95. The fraction of sp³-hybridized carbons (Fsp3) is 0.300. The number of carbonyl (C=O) groups is 1. The number of carboxylic acid groups (broad SMARTS) is 1. The molecule has 0 aliphatic heterocycles. The lowest BCUT2D eigenvalue weighted by atomic mass is 10.1. The average molecular weight is 294 g/mol. The zero-order chi connectivity index (χ0) is 13.9. The molecule has 18 heavy (non-hydrogen) atoms. The highest BCUT2D eigenvalue weighted by molar-refractivity contribution is 7.89. The number of hydrogen-bond donors (Lipinski definition) is 2. The predicted octanol–water partition coefficient (Wildman–Crippen LogP) is 1.58. The van der Waals surface area contributed by atoms with Crippen LogP contribution in [0.4, 0.5) is 0 Å². The minimum Gasteiger partial charge on any atom is -0.478 e. The maximum Gasteiger partial charge on any atom is 0.336 e. The molecule has 0 saturated heterocycles. The van der Waals surface area contributed by atoms with E-state index in [0.29, 0.717) is 0 Å². The van der Waals surface area contributed by atoms with Crippen molar-refractivity contribution in [3.05, 3.63) is 28.3 Å². The molecule has 1 aromatic carbocycles. The quantitative estimate of drug-likeness (QED) is 0.804. The third-order valence-corrected chi connectivity index (χ3v) is 3.72. The minimum absolute atomic E-state index is 0.0230. The smallest absolute Gasteiger partial charge is 0.336 e. The first-order valence-corrected chi connectivity index (χ1v) is 6.82. The molecular formula is C10H12ClNO5S. The molecule has 1 rings (SSSR count). The molecule has 0 aromatic heterocycles. The number of aromatic carboxylic acids is 1. The summed E-state index contributed by atoms with van der Waals surface area (Å²) in [5.74, 6) is -1.25. The third-order valence-electron chi connectivity index (χ3n) is 2.16. The van der Waals surface area contributed by atoms with Crippen LogP contribution in [0.5, 0.6) is 0 Å². The molecule has 0 unspecified atom stereocenters. The molecule has 0 bridgehead atoms. The number of hydrogen-bond acceptors (Lipinski definition) is 4. The van der Waals surface area contributed by atoms with Crippen LogP contribution in [0, 0.1) is 6.92 Å². The summed E-state index contributed by atoms with van der Waals surface area (Å²) in [6.07, 6.45) is 0. The van der Waals surface area contributed by atoms with E-state index in [2.05, 4.69) is 4.84 Å². The van der Waals surface area contributed by atoms with E-state index < -0.39 is 16.0 Å². The van der Waals surface area contributed by atoms with E-state index in [4.69, 9.17) is 16.7 Å². The standard InChI is InChI=1S/C10H12ClNO5S/c1-3-17-12-18(15,16)9-5-7(11)4-8(6(9)2)10(13)14/h4-5,12H,3H2,1-2H3,(H,13,14). The van der Waals surface area contributed by atoms with Crippen molar-refractivity contribution < 1.29 is 23.2 Å². The van der Waals surface area contributed by atoms with E-state index in [1.807, 2.05) is 4.89 Å². The van der Waals surface area contributed by atoms with Crippen molar-refractivity contribution in [2.75, 3.05) is 6.61 Å². The van der Waals surface area contributed by atoms with Gasteiger partial charge in [0.05, 0.1) is 17.1 Å². The van der Waals surface area contributed by atoms with Crippen LogP contribution in [-0.2, 0) is 14.9 Å². The van der Waals surface area contributed by atoms with E-state index in [0.717, 1.165) is 0 Å². The highest BCUT2D eigenvalue weighted by Gasteiger charge is 2.22. The lowest BCUT2D eigenvalue weighted by Gasteiger charge is -2.11. The topological polar surface area (TPSA) is 92.7 Å². The summed E-state index contributed by atoms with van der Waals surface area (Å²) < 4.78 is 23.7. The van der Waals surface area contributed by atoms with Gasteiger partial charge in [-0.2, -0.15) is 0 Å². The SMILES string of the molecule is CCONS(=O)(=O)c1cc(Cl)cc(C(=O)O)c1C. The van der Waals surface area contributed by atoms with E-state index >= 15 is 0 Å². The molecule has 1 aromatic rings. The van der Waals surface area contributed by atoms with Crippen LogP contribution < -0.4 is 4.89 Å². The van der Waals surface area contributed by atoms with E-state index in [-0.39, 0.29) is 27.7 Å². The Kier molecular flexibility index (Phi) is 4.69. The van der Waals surface area contributed by atoms with Crippen LogP contribution in [-0.4, -0.2) is 26.1 Å². The normalized spacial score (nSPS) is 11.5. The molecule has 8 heteroatoms. The molecule has 0 spiro atoms. The van der Waals surface area contributed by atoms with Gasteiger partial charge in [-0.05, 0) is 31.5 Å². The summed E-state index contributed by atoms with van der Waals surface area (Å²) in [6, 6.07) is 2.36. The summed E-state index contributed by atoms with van der Waals surface area (Å²) >= 11 is 5.71. The summed E-state index contributed by atoms with van der Waals surface area (Å²) in [4.78, 5) is 17.2. The average Bonchev–Trinajstić information content (AvgIpc) is 2.28. The Morgan fingerprint density at radius 2 is 2.11 bits per heavy atom. The fourth-order valence-electron chi connectivity index (χ4n) is 1.34. The number of nitrogens with one attached hydrogen (secondary N) is 1. The van der Waals surface area contributed by atoms with Gasteiger partial charge in [0.1, 0.15) is 0 Å². The predicted molar refractivity (Wildman–Crippen MR) is 65.1 cm³/mol. The van der Waals surface area contributed by atoms with Crippen LogP contribution in [0.25, 0.3) is 0 Å². The molecule has 2 N–H and O–H groups in total. The number of carboxylic acids is 1. The zero-order valence-corrected chi connectivity index (χ0v) is 11.3. The summed E-state index contributed by atoms with van der Waals surface area (Å²) in [6.45, 7) is 3.14. The van der Waals surface area contributed by atoms with Crippen molar-refractivity contribution in [1.82, 2.24) is 4.89 Å². The first kappa shape index (κ1) is 14.9. The zero-order valence-electron chi connectivity index (χ0n) is 9.73. The van der Waals surface area contributed by atoms with E-state index in [1.54, 1.807) is 6.92 Å². The fourth-order valence-corrected chi connectivity index (χ4v) is 2.78. The Labute approximate surface area is 110 Å². The second-order valence-corrected chi connectivity index (χ2v) is 5.45. The van der Waals surface area contributed by atoms with Gasteiger partial charge in [-0.25, -0.2) is 13.2 Å². The Morgan fingerprint density at radius 1 is 1.50 bits per heavy atom. The first-order chi connectivity index (χ1) is 8.29. The molecular weight excluding hydrogens is 282 g/mol. The second-order valence-electron chi connectivity index (χ2n) is 3.40. The van der Waals surface area contributed by atoms with Gasteiger partial charge in [0.15, 0.2) is 0 Å². The maximum absolute atomic E-state index is 11.9. The largest absolute Gasteiger partial charge is 0.478 e. The van der Waals surface area contributed by atoms with Gasteiger partial charge in [0, 0.05) is 5.02 Å². The van der Waals surface area contributed by atoms with E-state index in [9.17, 15) is 13.2 Å². The Hall–Kier alpha value is -1.15. The molecule has 0 heterocycles. The minimum atomic E-state index is -3.95. The molecule has 0 amide bonds. The lowest BCUT2D eigenvalue weighted by molar-refractivity contribution is 0.0695. The van der Waals surface area contributed by atoms with Gasteiger partial charge < -0.3 is 5.11 Å². The molecule has 0 atom stereocenters. The molecule has 100 valence electrons. The second kappa shape index (κ2) is 5.66. The van der Waals surface area contributed by atoms with E-state index in [1.165, 1.54) is 19.1 Å². The first-order valence-electron chi connectivity index (χ1n) is 4.96. The van der Waals surface area contributed by atoms with Crippen LogP contribution in [0.15, 0.2) is 17.0 Å². The van der Waals surface area contributed by atoms with Crippen molar-refractivity contribution in [3.63, 3.8) is 0 Å². The molecule has 0 radical (unpaired) electrons. The molecule has 0 saturated carbocycles. The van der Waals surface area contributed by atoms with Crippen LogP contribution >= 0.6 is 11.6 Å². The molecule has 0 fully saturated rings. The van der Waals surface area contributed by atoms with Gasteiger partial charge in [0.25, 0.3) is 10.0 Å². The highest BCUT2D eigenvalue weighted by Crippen LogP contribution is 2.24. The number of sulfonamides is 1. The van der Waals surface area contributed by atoms with Crippen molar-refractivity contribution in [2.45, 2.75) is 18.7 Å². The van der Waals surface area contributed by atoms with Crippen LogP contribution in [0.1, 0.15) is 22.8 Å². The Bertz CT molecular complexity index is 570. The van der Waals surface area contributed by atoms with Gasteiger partial charge in [-0.1, -0.05) is 16.5 Å². The van der Waals surface area contributed by atoms with Gasteiger partial charge >= 0.3 is 5.97 Å². The number of rotatable bonds is 5. The monoisotopic (exact) mass is 293 g/mol.